The van der Waals surface area contributed by atoms with E-state index in [2.05, 4.69) is 36.2 Å². The molecule has 1 aromatic rings. The van der Waals surface area contributed by atoms with Gasteiger partial charge in [-0.25, -0.2) is 0 Å². The van der Waals surface area contributed by atoms with Gasteiger partial charge in [-0.1, -0.05) is 13.3 Å². The van der Waals surface area contributed by atoms with Gasteiger partial charge in [0.15, 0.2) is 5.78 Å². The summed E-state index contributed by atoms with van der Waals surface area (Å²) < 4.78 is 2.52. The third-order valence-corrected chi connectivity index (χ3v) is 5.89. The largest absolute Gasteiger partial charge is 0.344 e. The van der Waals surface area contributed by atoms with E-state index in [1.165, 1.54) is 36.4 Å². The minimum atomic E-state index is 0.362. The molecule has 0 radical (unpaired) electrons. The van der Waals surface area contributed by atoms with Crippen LogP contribution in [0.3, 0.4) is 0 Å². The second-order valence-electron chi connectivity index (χ2n) is 5.78. The van der Waals surface area contributed by atoms with Crippen LogP contribution >= 0.6 is 11.8 Å². The molecule has 2 aliphatic carbocycles. The molecule has 1 saturated carbocycles. The number of hydrogen-bond acceptors (Lipinski definition) is 2. The van der Waals surface area contributed by atoms with Crippen LogP contribution in [0, 0.1) is 6.92 Å². The fourth-order valence-corrected chi connectivity index (χ4v) is 5.07. The van der Waals surface area contributed by atoms with Crippen molar-refractivity contribution in [2.45, 2.75) is 63.7 Å². The van der Waals surface area contributed by atoms with Gasteiger partial charge >= 0.3 is 0 Å². The van der Waals surface area contributed by atoms with Crippen LogP contribution in [0.4, 0.5) is 0 Å². The summed E-state index contributed by atoms with van der Waals surface area (Å²) in [7, 11) is 0. The van der Waals surface area contributed by atoms with Crippen LogP contribution in [0.1, 0.15) is 66.8 Å². The van der Waals surface area contributed by atoms with Crippen LogP contribution in [-0.4, -0.2) is 21.4 Å². The molecule has 2 unspecified atom stereocenters. The molecule has 0 N–H and O–H groups in total. The van der Waals surface area contributed by atoms with Gasteiger partial charge in [0.05, 0.1) is 0 Å². The Kier molecular flexibility index (Phi) is 3.75. The average molecular weight is 277 g/mol. The zero-order valence-electron chi connectivity index (χ0n) is 11.9. The second-order valence-corrected chi connectivity index (χ2v) is 7.30. The Balaban J connectivity index is 1.98. The highest BCUT2D eigenvalue weighted by Crippen LogP contribution is 2.41. The van der Waals surface area contributed by atoms with Crippen LogP contribution in [0.2, 0.25) is 0 Å². The van der Waals surface area contributed by atoms with Crippen LogP contribution in [0.15, 0.2) is 6.07 Å². The first-order valence-corrected chi connectivity index (χ1v) is 8.62. The van der Waals surface area contributed by atoms with Crippen molar-refractivity contribution in [1.29, 1.82) is 0 Å². The van der Waals surface area contributed by atoms with E-state index >= 15 is 0 Å². The zero-order valence-corrected chi connectivity index (χ0v) is 12.8. The van der Waals surface area contributed by atoms with Crippen LogP contribution in [-0.2, 0) is 6.42 Å². The van der Waals surface area contributed by atoms with E-state index in [1.54, 1.807) is 0 Å². The number of aryl methyl sites for hydroxylation is 1. The molecule has 0 amide bonds. The van der Waals surface area contributed by atoms with Crippen molar-refractivity contribution in [3.8, 4) is 0 Å². The third-order valence-electron chi connectivity index (χ3n) is 4.58. The normalized spacial score (nSPS) is 26.7. The van der Waals surface area contributed by atoms with E-state index in [1.807, 2.05) is 0 Å². The molecule has 1 fully saturated rings. The standard InChI is InChI=1S/C16H23NOS/c1-3-19-16-9-5-7-14(16)17-11(2)10-12-13(17)6-4-8-15(12)18/h10,14,16H,3-9H2,1-2H3. The Morgan fingerprint density at radius 3 is 2.95 bits per heavy atom. The number of rotatable bonds is 3. The molecule has 0 spiro atoms. The molecule has 2 aliphatic rings. The van der Waals surface area contributed by atoms with Gasteiger partial charge in [-0.05, 0) is 44.4 Å². The van der Waals surface area contributed by atoms with E-state index in [0.717, 1.165) is 30.1 Å². The molecule has 3 heteroatoms. The highest BCUT2D eigenvalue weighted by molar-refractivity contribution is 7.99. The van der Waals surface area contributed by atoms with Crippen molar-refractivity contribution in [3.05, 3.63) is 23.0 Å². The van der Waals surface area contributed by atoms with Crippen molar-refractivity contribution in [2.24, 2.45) is 0 Å². The summed E-state index contributed by atoms with van der Waals surface area (Å²) in [5, 5.41) is 0.747. The van der Waals surface area contributed by atoms with Crippen LogP contribution < -0.4 is 0 Å². The molecular weight excluding hydrogens is 254 g/mol. The number of thioether (sulfide) groups is 1. The predicted molar refractivity (Wildman–Crippen MR) is 81.2 cm³/mol. The van der Waals surface area contributed by atoms with E-state index in [0.29, 0.717) is 11.8 Å². The Morgan fingerprint density at radius 1 is 1.32 bits per heavy atom. The molecule has 0 aliphatic heterocycles. The maximum atomic E-state index is 12.1. The third kappa shape index (κ3) is 2.26. The lowest BCUT2D eigenvalue weighted by molar-refractivity contribution is 0.0971. The van der Waals surface area contributed by atoms with Gasteiger partial charge in [-0.15, -0.1) is 0 Å². The van der Waals surface area contributed by atoms with Crippen molar-refractivity contribution < 1.29 is 4.79 Å². The van der Waals surface area contributed by atoms with Crippen LogP contribution in [0.25, 0.3) is 0 Å². The van der Waals surface area contributed by atoms with E-state index in [9.17, 15) is 4.79 Å². The Bertz CT molecular complexity index is 491. The molecule has 1 heterocycles. The molecule has 0 aromatic carbocycles. The molecule has 104 valence electrons. The maximum absolute atomic E-state index is 12.1. The van der Waals surface area contributed by atoms with E-state index < -0.39 is 0 Å². The van der Waals surface area contributed by atoms with Crippen molar-refractivity contribution in [1.82, 2.24) is 4.57 Å². The summed E-state index contributed by atoms with van der Waals surface area (Å²) in [6.07, 6.45) is 6.83. The summed E-state index contributed by atoms with van der Waals surface area (Å²) in [5.41, 5.74) is 3.66. The number of ketones is 1. The summed E-state index contributed by atoms with van der Waals surface area (Å²) >= 11 is 2.10. The lowest BCUT2D eigenvalue weighted by Crippen LogP contribution is -2.21. The smallest absolute Gasteiger partial charge is 0.164 e. The molecule has 2 nitrogen and oxygen atoms in total. The lowest BCUT2D eigenvalue weighted by atomic mass is 9.96. The van der Waals surface area contributed by atoms with Gasteiger partial charge in [0.25, 0.3) is 0 Å². The summed E-state index contributed by atoms with van der Waals surface area (Å²) in [5.74, 6) is 1.56. The van der Waals surface area contributed by atoms with Gasteiger partial charge in [-0.3, -0.25) is 4.79 Å². The highest BCUT2D eigenvalue weighted by atomic mass is 32.2. The van der Waals surface area contributed by atoms with Gasteiger partial charge in [0, 0.05) is 34.7 Å². The first-order chi connectivity index (χ1) is 9.22. The Morgan fingerprint density at radius 2 is 2.16 bits per heavy atom. The van der Waals surface area contributed by atoms with Gasteiger partial charge in [-0.2, -0.15) is 11.8 Å². The maximum Gasteiger partial charge on any atom is 0.164 e. The quantitative estimate of drug-likeness (QED) is 0.827. The van der Waals surface area contributed by atoms with Gasteiger partial charge in [0.1, 0.15) is 0 Å². The topological polar surface area (TPSA) is 22.0 Å². The first kappa shape index (κ1) is 13.3. The van der Waals surface area contributed by atoms with Crippen molar-refractivity contribution >= 4 is 17.5 Å². The Hall–Kier alpha value is -0.700. The monoisotopic (exact) mass is 277 g/mol. The molecular formula is C16H23NOS. The number of carbonyl (C=O) groups is 1. The predicted octanol–water partition coefficient (Wildman–Crippen LogP) is 4.16. The summed E-state index contributed by atoms with van der Waals surface area (Å²) in [6.45, 7) is 4.43. The number of carbonyl (C=O) groups excluding carboxylic acids is 1. The zero-order chi connectivity index (χ0) is 13.4. The molecule has 0 saturated heterocycles. The lowest BCUT2D eigenvalue weighted by Gasteiger charge is -2.26. The Labute approximate surface area is 120 Å². The highest BCUT2D eigenvalue weighted by Gasteiger charge is 2.33. The molecule has 2 atom stereocenters. The van der Waals surface area contributed by atoms with Gasteiger partial charge < -0.3 is 4.57 Å². The molecule has 0 bridgehead atoms. The molecule has 19 heavy (non-hydrogen) atoms. The minimum Gasteiger partial charge on any atom is -0.344 e. The first-order valence-electron chi connectivity index (χ1n) is 7.58. The molecule has 1 aromatic heterocycles. The number of fused-ring (bicyclic) bond motifs is 1. The van der Waals surface area contributed by atoms with Crippen molar-refractivity contribution in [3.63, 3.8) is 0 Å². The van der Waals surface area contributed by atoms with Crippen molar-refractivity contribution in [2.75, 3.05) is 5.75 Å². The van der Waals surface area contributed by atoms with E-state index in [-0.39, 0.29) is 0 Å². The fourth-order valence-electron chi connectivity index (χ4n) is 3.82. The minimum absolute atomic E-state index is 0.362. The SMILES string of the molecule is CCSC1CCCC1n1c(C)cc2c1CCCC2=O. The average Bonchev–Trinajstić information content (AvgIpc) is 2.94. The number of aromatic nitrogens is 1. The number of nitrogens with zero attached hydrogens (tertiary/aromatic N) is 1. The molecule has 3 rings (SSSR count). The second kappa shape index (κ2) is 5.35. The van der Waals surface area contributed by atoms with Crippen LogP contribution in [0.5, 0.6) is 0 Å². The summed E-state index contributed by atoms with van der Waals surface area (Å²) in [6, 6.07) is 2.77. The fraction of sp³-hybridized carbons (Fsp3) is 0.688. The summed E-state index contributed by atoms with van der Waals surface area (Å²) in [4.78, 5) is 12.1. The number of hydrogen-bond donors (Lipinski definition) is 0. The van der Waals surface area contributed by atoms with Gasteiger partial charge in [0.2, 0.25) is 0 Å². The van der Waals surface area contributed by atoms with E-state index in [4.69, 9.17) is 0 Å². The number of Topliss-reactive ketones (excluding diaryl/α,β-unsaturated/α-hetero) is 1.